The van der Waals surface area contributed by atoms with Crippen LogP contribution in [0.3, 0.4) is 0 Å². The molecule has 1 aliphatic heterocycles. The number of anilines is 1. The molecule has 0 bridgehead atoms. The fourth-order valence-electron chi connectivity index (χ4n) is 2.95. The lowest BCUT2D eigenvalue weighted by atomic mass is 10.0. The molecule has 0 spiro atoms. The van der Waals surface area contributed by atoms with E-state index in [4.69, 9.17) is 16.3 Å². The molecule has 0 radical (unpaired) electrons. The molecule has 1 N–H and O–H groups in total. The van der Waals surface area contributed by atoms with Gasteiger partial charge in [-0.05, 0) is 42.7 Å². The number of ether oxygens (including phenoxy) is 1. The Hall–Kier alpha value is -2.93. The van der Waals surface area contributed by atoms with Crippen molar-refractivity contribution in [2.45, 2.75) is 20.0 Å². The predicted molar refractivity (Wildman–Crippen MR) is 110 cm³/mol. The molecular formula is C21H21ClFN3O3. The molecule has 1 aromatic carbocycles. The van der Waals surface area contributed by atoms with Crippen LogP contribution in [0.15, 0.2) is 42.6 Å². The zero-order valence-electron chi connectivity index (χ0n) is 16.0. The summed E-state index contributed by atoms with van der Waals surface area (Å²) in [4.78, 5) is 30.2. The van der Waals surface area contributed by atoms with Crippen molar-refractivity contribution in [1.29, 1.82) is 0 Å². The lowest BCUT2D eigenvalue weighted by Crippen LogP contribution is -2.38. The lowest BCUT2D eigenvalue weighted by Gasteiger charge is -2.27. The van der Waals surface area contributed by atoms with E-state index in [1.807, 2.05) is 6.08 Å². The van der Waals surface area contributed by atoms with Gasteiger partial charge in [0.1, 0.15) is 6.67 Å². The van der Waals surface area contributed by atoms with E-state index >= 15 is 0 Å². The number of pyridine rings is 1. The first kappa shape index (κ1) is 20.8. The van der Waals surface area contributed by atoms with Crippen molar-refractivity contribution in [1.82, 2.24) is 9.88 Å². The molecule has 0 fully saturated rings. The Bertz CT molecular complexity index is 931. The standard InChI is InChI=1S/C21H21ClFN3O3/c1-2-29-20(27)16-11-18(22)19(24-13-16)15-7-9-26(10-8-15)21(28)25-17-5-3-14(12-23)4-6-17/h3-7,11,13H,2,8-10,12H2,1H3,(H,25,28). The highest BCUT2D eigenvalue weighted by molar-refractivity contribution is 6.32. The molecule has 3 rings (SSSR count). The van der Waals surface area contributed by atoms with Crippen LogP contribution in [0.4, 0.5) is 14.9 Å². The van der Waals surface area contributed by atoms with E-state index in [0.717, 1.165) is 5.57 Å². The first-order valence-electron chi connectivity index (χ1n) is 9.24. The Morgan fingerprint density at radius 1 is 1.31 bits per heavy atom. The van der Waals surface area contributed by atoms with Crippen LogP contribution >= 0.6 is 11.6 Å². The van der Waals surface area contributed by atoms with Gasteiger partial charge in [-0.3, -0.25) is 4.98 Å². The first-order valence-corrected chi connectivity index (χ1v) is 9.62. The minimum Gasteiger partial charge on any atom is -0.462 e. The second-order valence-corrected chi connectivity index (χ2v) is 6.87. The van der Waals surface area contributed by atoms with Crippen molar-refractivity contribution in [3.8, 4) is 0 Å². The number of carbonyl (C=O) groups is 2. The van der Waals surface area contributed by atoms with Gasteiger partial charge in [0.2, 0.25) is 0 Å². The molecule has 0 saturated carbocycles. The van der Waals surface area contributed by atoms with Crippen LogP contribution in [0, 0.1) is 0 Å². The normalized spacial score (nSPS) is 13.6. The van der Waals surface area contributed by atoms with E-state index in [1.165, 1.54) is 6.20 Å². The van der Waals surface area contributed by atoms with Gasteiger partial charge in [-0.1, -0.05) is 29.8 Å². The lowest BCUT2D eigenvalue weighted by molar-refractivity contribution is 0.0526. The van der Waals surface area contributed by atoms with Gasteiger partial charge in [0.25, 0.3) is 0 Å². The van der Waals surface area contributed by atoms with Gasteiger partial charge < -0.3 is 15.0 Å². The molecule has 2 heterocycles. The maximum atomic E-state index is 12.6. The van der Waals surface area contributed by atoms with E-state index in [2.05, 4.69) is 10.3 Å². The number of nitrogens with one attached hydrogen (secondary N) is 1. The number of alkyl halides is 1. The van der Waals surface area contributed by atoms with E-state index in [9.17, 15) is 14.0 Å². The molecule has 29 heavy (non-hydrogen) atoms. The quantitative estimate of drug-likeness (QED) is 0.715. The molecule has 152 valence electrons. The summed E-state index contributed by atoms with van der Waals surface area (Å²) in [7, 11) is 0. The molecule has 0 unspecified atom stereocenters. The summed E-state index contributed by atoms with van der Waals surface area (Å²) in [5.41, 5.74) is 2.99. The van der Waals surface area contributed by atoms with Crippen LogP contribution in [-0.2, 0) is 11.4 Å². The Morgan fingerprint density at radius 3 is 2.66 bits per heavy atom. The summed E-state index contributed by atoms with van der Waals surface area (Å²) in [6.07, 6.45) is 3.92. The van der Waals surface area contributed by atoms with E-state index in [0.29, 0.717) is 47.0 Å². The number of urea groups is 1. The predicted octanol–water partition coefficient (Wildman–Crippen LogP) is 4.70. The minimum atomic E-state index is -0.536. The van der Waals surface area contributed by atoms with Gasteiger partial charge in [0, 0.05) is 25.0 Å². The SMILES string of the molecule is CCOC(=O)c1cnc(C2=CCN(C(=O)Nc3ccc(CF)cc3)CC2)c(Cl)c1. The van der Waals surface area contributed by atoms with Crippen LogP contribution < -0.4 is 5.32 Å². The van der Waals surface area contributed by atoms with Gasteiger partial charge >= 0.3 is 12.0 Å². The number of halogens is 2. The molecule has 0 saturated heterocycles. The smallest absolute Gasteiger partial charge is 0.339 e. The van der Waals surface area contributed by atoms with Gasteiger partial charge in [-0.15, -0.1) is 0 Å². The van der Waals surface area contributed by atoms with Crippen molar-refractivity contribution >= 4 is 34.9 Å². The fourth-order valence-corrected chi connectivity index (χ4v) is 3.24. The van der Waals surface area contributed by atoms with Crippen molar-refractivity contribution in [3.05, 3.63) is 64.4 Å². The molecule has 1 aromatic heterocycles. The minimum absolute atomic E-state index is 0.231. The number of hydrogen-bond donors (Lipinski definition) is 1. The summed E-state index contributed by atoms with van der Waals surface area (Å²) >= 11 is 6.31. The highest BCUT2D eigenvalue weighted by Gasteiger charge is 2.21. The van der Waals surface area contributed by atoms with Gasteiger partial charge in [0.15, 0.2) is 0 Å². The van der Waals surface area contributed by atoms with E-state index < -0.39 is 12.6 Å². The summed E-state index contributed by atoms with van der Waals surface area (Å²) in [5.74, 6) is -0.464. The monoisotopic (exact) mass is 417 g/mol. The number of benzene rings is 1. The maximum Gasteiger partial charge on any atom is 0.339 e. The van der Waals surface area contributed by atoms with Crippen LogP contribution in [0.25, 0.3) is 5.57 Å². The molecule has 2 aromatic rings. The summed E-state index contributed by atoms with van der Waals surface area (Å²) in [6.45, 7) is 2.38. The number of esters is 1. The third kappa shape index (κ3) is 5.12. The van der Waals surface area contributed by atoms with Crippen molar-refractivity contribution < 1.29 is 18.7 Å². The zero-order chi connectivity index (χ0) is 20.8. The average molecular weight is 418 g/mol. The largest absolute Gasteiger partial charge is 0.462 e. The summed E-state index contributed by atoms with van der Waals surface area (Å²) < 4.78 is 17.5. The third-order valence-electron chi connectivity index (χ3n) is 4.51. The molecule has 0 aliphatic carbocycles. The second kappa shape index (κ2) is 9.52. The molecule has 2 amide bonds. The fraction of sp³-hybridized carbons (Fsp3) is 0.286. The summed E-state index contributed by atoms with van der Waals surface area (Å²) in [5, 5.41) is 3.17. The summed E-state index contributed by atoms with van der Waals surface area (Å²) in [6, 6.07) is 7.93. The van der Waals surface area contributed by atoms with Gasteiger partial charge in [-0.25, -0.2) is 14.0 Å². The maximum absolute atomic E-state index is 12.6. The number of carbonyl (C=O) groups excluding carboxylic acids is 2. The Morgan fingerprint density at radius 2 is 2.07 bits per heavy atom. The number of amides is 2. The zero-order valence-corrected chi connectivity index (χ0v) is 16.7. The number of aromatic nitrogens is 1. The Balaban J connectivity index is 1.63. The Kier molecular flexibility index (Phi) is 6.82. The number of nitrogens with zero attached hydrogens (tertiary/aromatic N) is 2. The average Bonchev–Trinajstić information content (AvgIpc) is 2.74. The van der Waals surface area contributed by atoms with E-state index in [1.54, 1.807) is 42.2 Å². The van der Waals surface area contributed by atoms with Crippen LogP contribution in [0.2, 0.25) is 5.02 Å². The van der Waals surface area contributed by atoms with Crippen molar-refractivity contribution in [2.75, 3.05) is 25.0 Å². The van der Waals surface area contributed by atoms with Gasteiger partial charge in [0.05, 0.1) is 22.9 Å². The molecule has 1 aliphatic rings. The molecule has 0 atom stereocenters. The highest BCUT2D eigenvalue weighted by atomic mass is 35.5. The third-order valence-corrected chi connectivity index (χ3v) is 4.80. The van der Waals surface area contributed by atoms with Crippen LogP contribution in [0.1, 0.15) is 35.0 Å². The number of rotatable bonds is 5. The Labute approximate surface area is 173 Å². The van der Waals surface area contributed by atoms with E-state index in [-0.39, 0.29) is 12.6 Å². The topological polar surface area (TPSA) is 71.5 Å². The molecule has 8 heteroatoms. The van der Waals surface area contributed by atoms with Gasteiger partial charge in [-0.2, -0.15) is 0 Å². The van der Waals surface area contributed by atoms with Crippen LogP contribution in [-0.4, -0.2) is 41.6 Å². The second-order valence-electron chi connectivity index (χ2n) is 6.46. The van der Waals surface area contributed by atoms with Crippen molar-refractivity contribution in [3.63, 3.8) is 0 Å². The first-order chi connectivity index (χ1) is 14.0. The van der Waals surface area contributed by atoms with Crippen molar-refractivity contribution in [2.24, 2.45) is 0 Å². The number of hydrogen-bond acceptors (Lipinski definition) is 4. The highest BCUT2D eigenvalue weighted by Crippen LogP contribution is 2.28. The molecular weight excluding hydrogens is 397 g/mol. The molecule has 6 nitrogen and oxygen atoms in total. The van der Waals surface area contributed by atoms with Crippen LogP contribution in [0.5, 0.6) is 0 Å².